The molecule has 1 aromatic heterocycles. The van der Waals surface area contributed by atoms with Crippen molar-refractivity contribution in [1.82, 2.24) is 20.1 Å². The van der Waals surface area contributed by atoms with Crippen molar-refractivity contribution in [1.29, 1.82) is 0 Å². The topological polar surface area (TPSA) is 60.9 Å². The molecule has 1 unspecified atom stereocenters. The summed E-state index contributed by atoms with van der Waals surface area (Å²) in [7, 11) is 0. The maximum atomic E-state index is 12.6. The molecule has 0 radical (unpaired) electrons. The SMILES string of the molecule is CC(C)CC(CNC(=O)N1CCN(c2nccs2)CC1)N1CCOCC1. The molecule has 146 valence electrons. The molecule has 0 aliphatic carbocycles. The Labute approximate surface area is 160 Å². The fraction of sp³-hybridized carbons (Fsp3) is 0.778. The molecule has 0 bridgehead atoms. The van der Waals surface area contributed by atoms with Gasteiger partial charge in [0.25, 0.3) is 0 Å². The van der Waals surface area contributed by atoms with Crippen LogP contribution in [0.2, 0.25) is 0 Å². The Morgan fingerprint density at radius 3 is 2.58 bits per heavy atom. The number of morpholine rings is 1. The lowest BCUT2D eigenvalue weighted by molar-refractivity contribution is 0.0127. The highest BCUT2D eigenvalue weighted by atomic mass is 32.1. The predicted octanol–water partition coefficient (Wildman–Crippen LogP) is 1.72. The molecule has 1 atom stereocenters. The summed E-state index contributed by atoms with van der Waals surface area (Å²) in [6, 6.07) is 0.449. The normalized spacial score (nSPS) is 20.4. The molecule has 0 aromatic carbocycles. The smallest absolute Gasteiger partial charge is 0.317 e. The Balaban J connectivity index is 1.45. The largest absolute Gasteiger partial charge is 0.379 e. The van der Waals surface area contributed by atoms with Gasteiger partial charge in [-0.15, -0.1) is 11.3 Å². The van der Waals surface area contributed by atoms with E-state index >= 15 is 0 Å². The second-order valence-electron chi connectivity index (χ2n) is 7.41. The van der Waals surface area contributed by atoms with Gasteiger partial charge in [-0.3, -0.25) is 4.90 Å². The first-order chi connectivity index (χ1) is 12.6. The van der Waals surface area contributed by atoms with Gasteiger partial charge in [0.1, 0.15) is 0 Å². The Morgan fingerprint density at radius 2 is 1.96 bits per heavy atom. The van der Waals surface area contributed by atoms with Crippen LogP contribution in [-0.4, -0.2) is 85.9 Å². The van der Waals surface area contributed by atoms with Crippen LogP contribution in [0.5, 0.6) is 0 Å². The highest BCUT2D eigenvalue weighted by Gasteiger charge is 2.25. The summed E-state index contributed by atoms with van der Waals surface area (Å²) in [5.41, 5.74) is 0. The monoisotopic (exact) mass is 381 g/mol. The lowest BCUT2D eigenvalue weighted by Gasteiger charge is -2.37. The maximum Gasteiger partial charge on any atom is 0.317 e. The number of anilines is 1. The van der Waals surface area contributed by atoms with Crippen LogP contribution in [0.1, 0.15) is 20.3 Å². The third-order valence-electron chi connectivity index (χ3n) is 5.05. The van der Waals surface area contributed by atoms with Gasteiger partial charge in [-0.1, -0.05) is 13.8 Å². The molecule has 26 heavy (non-hydrogen) atoms. The van der Waals surface area contributed by atoms with Crippen molar-refractivity contribution in [2.45, 2.75) is 26.3 Å². The van der Waals surface area contributed by atoms with E-state index in [1.54, 1.807) is 11.3 Å². The van der Waals surface area contributed by atoms with E-state index in [0.717, 1.165) is 64.0 Å². The highest BCUT2D eigenvalue weighted by Crippen LogP contribution is 2.19. The molecule has 1 N–H and O–H groups in total. The summed E-state index contributed by atoms with van der Waals surface area (Å²) in [5.74, 6) is 0.613. The van der Waals surface area contributed by atoms with Crippen LogP contribution in [0.4, 0.5) is 9.93 Å². The molecule has 7 nitrogen and oxygen atoms in total. The number of rotatable bonds is 6. The van der Waals surface area contributed by atoms with E-state index < -0.39 is 0 Å². The molecule has 8 heteroatoms. The third-order valence-corrected chi connectivity index (χ3v) is 5.88. The number of amides is 2. The first kappa shape index (κ1) is 19.4. The van der Waals surface area contributed by atoms with Crippen LogP contribution >= 0.6 is 11.3 Å². The van der Waals surface area contributed by atoms with Crippen LogP contribution in [-0.2, 0) is 4.74 Å². The minimum Gasteiger partial charge on any atom is -0.379 e. The minimum atomic E-state index is 0.0609. The minimum absolute atomic E-state index is 0.0609. The highest BCUT2D eigenvalue weighted by molar-refractivity contribution is 7.13. The van der Waals surface area contributed by atoms with E-state index in [9.17, 15) is 4.79 Å². The summed E-state index contributed by atoms with van der Waals surface area (Å²) in [6.45, 7) is 11.9. The van der Waals surface area contributed by atoms with E-state index in [0.29, 0.717) is 18.5 Å². The van der Waals surface area contributed by atoms with Crippen molar-refractivity contribution < 1.29 is 9.53 Å². The zero-order valence-corrected chi connectivity index (χ0v) is 16.7. The molecular weight excluding hydrogens is 350 g/mol. The van der Waals surface area contributed by atoms with Crippen molar-refractivity contribution in [3.63, 3.8) is 0 Å². The van der Waals surface area contributed by atoms with Gasteiger partial charge in [-0.25, -0.2) is 9.78 Å². The summed E-state index contributed by atoms with van der Waals surface area (Å²) in [4.78, 5) is 23.6. The van der Waals surface area contributed by atoms with Crippen LogP contribution in [0.15, 0.2) is 11.6 Å². The number of hydrogen-bond donors (Lipinski definition) is 1. The van der Waals surface area contributed by atoms with E-state index in [1.807, 2.05) is 16.5 Å². The predicted molar refractivity (Wildman–Crippen MR) is 105 cm³/mol. The van der Waals surface area contributed by atoms with Crippen LogP contribution in [0, 0.1) is 5.92 Å². The number of carbonyl (C=O) groups is 1. The average molecular weight is 382 g/mol. The number of ether oxygens (including phenoxy) is 1. The quantitative estimate of drug-likeness (QED) is 0.813. The summed E-state index contributed by atoms with van der Waals surface area (Å²) >= 11 is 1.65. The number of piperazine rings is 1. The molecule has 0 saturated carbocycles. The maximum absolute atomic E-state index is 12.6. The first-order valence-corrected chi connectivity index (χ1v) is 10.5. The standard InChI is InChI=1S/C18H31N5O2S/c1-15(2)13-16(21-8-10-25-11-9-21)14-20-17(24)22-4-6-23(7-5-22)18-19-3-12-26-18/h3,12,15-16H,4-11,13-14H2,1-2H3,(H,20,24). The number of thiazole rings is 1. The van der Waals surface area contributed by atoms with E-state index in [1.165, 1.54) is 0 Å². The van der Waals surface area contributed by atoms with Gasteiger partial charge < -0.3 is 19.9 Å². The molecule has 2 fully saturated rings. The number of aromatic nitrogens is 1. The van der Waals surface area contributed by atoms with Crippen molar-refractivity contribution in [3.05, 3.63) is 11.6 Å². The van der Waals surface area contributed by atoms with Gasteiger partial charge in [-0.05, 0) is 12.3 Å². The van der Waals surface area contributed by atoms with Gasteiger partial charge in [0.05, 0.1) is 13.2 Å². The number of nitrogens with zero attached hydrogens (tertiary/aromatic N) is 4. The molecule has 3 heterocycles. The average Bonchev–Trinajstić information content (AvgIpc) is 3.20. The molecule has 2 saturated heterocycles. The molecule has 1 aromatic rings. The van der Waals surface area contributed by atoms with Crippen molar-refractivity contribution >= 4 is 22.5 Å². The van der Waals surface area contributed by atoms with E-state index in [4.69, 9.17) is 4.74 Å². The fourth-order valence-corrected chi connectivity index (χ4v) is 4.33. The second kappa shape index (κ2) is 9.53. The van der Waals surface area contributed by atoms with Crippen LogP contribution in [0.3, 0.4) is 0 Å². The molecule has 2 amide bonds. The van der Waals surface area contributed by atoms with E-state index in [-0.39, 0.29) is 6.03 Å². The van der Waals surface area contributed by atoms with Crippen LogP contribution in [0.25, 0.3) is 0 Å². The Kier molecular flexibility index (Phi) is 7.10. The Bertz CT molecular complexity index is 540. The number of carbonyl (C=O) groups excluding carboxylic acids is 1. The molecule has 2 aliphatic heterocycles. The second-order valence-corrected chi connectivity index (χ2v) is 8.28. The van der Waals surface area contributed by atoms with Crippen molar-refractivity contribution in [2.24, 2.45) is 5.92 Å². The van der Waals surface area contributed by atoms with Gasteiger partial charge in [0, 0.05) is 63.4 Å². The molecule has 0 spiro atoms. The summed E-state index contributed by atoms with van der Waals surface area (Å²) < 4.78 is 5.47. The van der Waals surface area contributed by atoms with Gasteiger partial charge >= 0.3 is 6.03 Å². The fourth-order valence-electron chi connectivity index (χ4n) is 3.64. The van der Waals surface area contributed by atoms with Gasteiger partial charge in [0.15, 0.2) is 5.13 Å². The number of urea groups is 1. The van der Waals surface area contributed by atoms with Gasteiger partial charge in [0.2, 0.25) is 0 Å². The lowest BCUT2D eigenvalue weighted by Crippen LogP contribution is -2.54. The summed E-state index contributed by atoms with van der Waals surface area (Å²) in [6.07, 6.45) is 2.93. The van der Waals surface area contributed by atoms with Crippen molar-refractivity contribution in [2.75, 3.05) is 63.9 Å². The Hall–Kier alpha value is -1.38. The Morgan fingerprint density at radius 1 is 1.23 bits per heavy atom. The molecule has 3 rings (SSSR count). The van der Waals surface area contributed by atoms with Crippen molar-refractivity contribution in [3.8, 4) is 0 Å². The lowest BCUT2D eigenvalue weighted by atomic mass is 10.0. The number of nitrogens with one attached hydrogen (secondary N) is 1. The molecular formula is C18H31N5O2S. The summed E-state index contributed by atoms with van der Waals surface area (Å²) in [5, 5.41) is 6.22. The first-order valence-electron chi connectivity index (χ1n) is 9.62. The van der Waals surface area contributed by atoms with Crippen LogP contribution < -0.4 is 10.2 Å². The van der Waals surface area contributed by atoms with E-state index in [2.05, 4.69) is 33.9 Å². The number of hydrogen-bond acceptors (Lipinski definition) is 6. The third kappa shape index (κ3) is 5.31. The zero-order chi connectivity index (χ0) is 18.4. The zero-order valence-electron chi connectivity index (χ0n) is 15.9. The van der Waals surface area contributed by atoms with Gasteiger partial charge in [-0.2, -0.15) is 0 Å². The molecule has 2 aliphatic rings.